The number of aryl methyl sites for hydroxylation is 2. The van der Waals surface area contributed by atoms with Gasteiger partial charge in [-0.2, -0.15) is 0 Å². The molecule has 0 fully saturated rings. The van der Waals surface area contributed by atoms with Crippen molar-refractivity contribution >= 4 is 44.8 Å². The van der Waals surface area contributed by atoms with E-state index in [9.17, 15) is 0 Å². The largest absolute Gasteiger partial charge is 0.471 e. The number of benzene rings is 5. The summed E-state index contributed by atoms with van der Waals surface area (Å²) in [5.74, 6) is 1.68. The second kappa shape index (κ2) is 11.7. The van der Waals surface area contributed by atoms with E-state index in [4.69, 9.17) is 14.7 Å². The van der Waals surface area contributed by atoms with Crippen LogP contribution in [0.3, 0.4) is 0 Å². The highest BCUT2D eigenvalue weighted by Gasteiger charge is 2.40. The van der Waals surface area contributed by atoms with Crippen molar-refractivity contribution < 1.29 is 4.74 Å². The van der Waals surface area contributed by atoms with Gasteiger partial charge in [-0.3, -0.25) is 4.57 Å². The number of pyridine rings is 1. The van der Waals surface area contributed by atoms with Gasteiger partial charge in [0.25, 0.3) is 0 Å². The minimum atomic E-state index is -0.239. The molecule has 2 aliphatic heterocycles. The van der Waals surface area contributed by atoms with Crippen molar-refractivity contribution in [2.45, 2.75) is 84.3 Å². The molecule has 0 amide bonds. The molecule has 0 radical (unpaired) electrons. The van der Waals surface area contributed by atoms with Crippen molar-refractivity contribution in [2.24, 2.45) is 4.99 Å². The number of anilines is 3. The summed E-state index contributed by atoms with van der Waals surface area (Å²) in [6.45, 7) is 15.9. The van der Waals surface area contributed by atoms with Gasteiger partial charge in [0.05, 0.1) is 22.4 Å². The summed E-state index contributed by atoms with van der Waals surface area (Å²) in [7, 11) is 0. The van der Waals surface area contributed by atoms with Crippen LogP contribution in [-0.4, -0.2) is 21.6 Å². The van der Waals surface area contributed by atoms with E-state index in [1.54, 1.807) is 0 Å². The molecule has 3 aliphatic rings. The van der Waals surface area contributed by atoms with E-state index in [2.05, 4.69) is 167 Å². The number of para-hydroxylation sites is 2. The summed E-state index contributed by atoms with van der Waals surface area (Å²) in [6, 6.07) is 40.4. The summed E-state index contributed by atoms with van der Waals surface area (Å²) in [5.41, 5.74) is 15.7. The predicted molar refractivity (Wildman–Crippen MR) is 222 cm³/mol. The molecule has 5 heteroatoms. The topological polar surface area (TPSA) is 42.6 Å². The first-order valence-electron chi connectivity index (χ1n) is 19.4. The van der Waals surface area contributed by atoms with Crippen molar-refractivity contribution in [2.75, 3.05) is 4.90 Å². The van der Waals surface area contributed by atoms with Crippen LogP contribution in [-0.2, 0) is 22.0 Å². The number of hydrogen-bond donors (Lipinski definition) is 0. The third-order valence-corrected chi connectivity index (χ3v) is 12.2. The maximum Gasteiger partial charge on any atom is 0.217 e. The number of aliphatic imine (C=N–C) groups is 1. The van der Waals surface area contributed by atoms with E-state index in [0.717, 1.165) is 46.8 Å². The van der Waals surface area contributed by atoms with Crippen LogP contribution in [0.15, 0.2) is 120 Å². The van der Waals surface area contributed by atoms with Crippen LogP contribution in [0.4, 0.5) is 17.1 Å². The lowest BCUT2D eigenvalue weighted by atomic mass is 9.73. The Hall–Kier alpha value is -5.68. The smallest absolute Gasteiger partial charge is 0.217 e. The zero-order chi connectivity index (χ0) is 37.1. The van der Waals surface area contributed by atoms with Crippen molar-refractivity contribution in [3.63, 3.8) is 0 Å². The predicted octanol–water partition coefficient (Wildman–Crippen LogP) is 12.0. The summed E-state index contributed by atoms with van der Waals surface area (Å²) >= 11 is 0. The third-order valence-electron chi connectivity index (χ3n) is 12.2. The van der Waals surface area contributed by atoms with Gasteiger partial charge in [-0.15, -0.1) is 0 Å². The summed E-state index contributed by atoms with van der Waals surface area (Å²) in [4.78, 5) is 12.8. The molecule has 0 bridgehead atoms. The standard InChI is InChI=1S/C49H46N4O/c1-29-23-31(47-51-46-36-15-12-13-30(2)34(36)19-20-44(46)54-47)25-33(24-29)52-41-18-11-9-16-38(41)49(6,7)39-27-37-35-14-8-10-17-40(35)53(42(37)28-43(39)52)45-26-32(21-22-50-45)48(3,4)5/h8-18,21-28,44,46H,19-20H2,1-7H3/t44-,46+/m0/s1. The molecular formula is C49H46N4O. The number of nitrogens with zero attached hydrogens (tertiary/aromatic N) is 4. The Morgan fingerprint density at radius 2 is 1.57 bits per heavy atom. The molecular weight excluding hydrogens is 661 g/mol. The molecule has 2 atom stereocenters. The molecule has 0 saturated heterocycles. The lowest BCUT2D eigenvalue weighted by Gasteiger charge is -2.42. The van der Waals surface area contributed by atoms with Gasteiger partial charge in [-0.05, 0) is 126 Å². The van der Waals surface area contributed by atoms with Gasteiger partial charge in [-0.25, -0.2) is 9.98 Å². The van der Waals surface area contributed by atoms with Gasteiger partial charge in [0.15, 0.2) is 0 Å². The molecule has 7 aromatic rings. The van der Waals surface area contributed by atoms with E-state index >= 15 is 0 Å². The van der Waals surface area contributed by atoms with Crippen LogP contribution in [0.5, 0.6) is 0 Å². The lowest BCUT2D eigenvalue weighted by molar-refractivity contribution is 0.174. The van der Waals surface area contributed by atoms with E-state index in [0.29, 0.717) is 0 Å². The zero-order valence-corrected chi connectivity index (χ0v) is 32.2. The average Bonchev–Trinajstić information content (AvgIpc) is 3.74. The molecule has 5 aromatic carbocycles. The van der Waals surface area contributed by atoms with Crippen molar-refractivity contribution in [3.8, 4) is 5.82 Å². The Bertz CT molecular complexity index is 2710. The minimum Gasteiger partial charge on any atom is -0.471 e. The van der Waals surface area contributed by atoms with Gasteiger partial charge < -0.3 is 9.64 Å². The number of hydrogen-bond acceptors (Lipinski definition) is 4. The van der Waals surface area contributed by atoms with Gasteiger partial charge in [0.2, 0.25) is 5.90 Å². The second-order valence-corrected chi connectivity index (χ2v) is 17.1. The molecule has 5 nitrogen and oxygen atoms in total. The Labute approximate surface area is 318 Å². The Morgan fingerprint density at radius 3 is 2.43 bits per heavy atom. The molecule has 268 valence electrons. The summed E-state index contributed by atoms with van der Waals surface area (Å²) < 4.78 is 9.09. The second-order valence-electron chi connectivity index (χ2n) is 17.1. The summed E-state index contributed by atoms with van der Waals surface area (Å²) in [6.07, 6.45) is 4.03. The highest BCUT2D eigenvalue weighted by atomic mass is 16.5. The number of aromatic nitrogens is 2. The van der Waals surface area contributed by atoms with E-state index in [-0.39, 0.29) is 23.0 Å². The van der Waals surface area contributed by atoms with Crippen molar-refractivity contribution in [3.05, 3.63) is 160 Å². The molecule has 4 heterocycles. The molecule has 0 saturated carbocycles. The zero-order valence-electron chi connectivity index (χ0n) is 32.2. The SMILES string of the molecule is Cc1cc(C2=N[C@@H]3c4cccc(C)c4CC[C@@H]3O2)cc(N2c3ccccc3C(C)(C)c3cc4c5ccccc5n(-c5cc(C(C)(C)C)ccn5)c4cc32)c1. The quantitative estimate of drug-likeness (QED) is 0.184. The number of fused-ring (bicyclic) bond motifs is 8. The van der Waals surface area contributed by atoms with E-state index in [1.807, 2.05) is 6.20 Å². The number of rotatable bonds is 3. The lowest BCUT2D eigenvalue weighted by Crippen LogP contribution is -2.30. The molecule has 0 N–H and O–H groups in total. The number of ether oxygens (including phenoxy) is 1. The highest BCUT2D eigenvalue weighted by Crippen LogP contribution is 2.54. The molecule has 0 spiro atoms. The van der Waals surface area contributed by atoms with Crippen molar-refractivity contribution in [1.82, 2.24) is 9.55 Å². The normalized spacial score (nSPS) is 18.5. The van der Waals surface area contributed by atoms with Gasteiger partial charge in [0, 0.05) is 33.6 Å². The Kier molecular flexibility index (Phi) is 7.11. The minimum absolute atomic E-state index is 0.00351. The van der Waals surface area contributed by atoms with Gasteiger partial charge in [0.1, 0.15) is 18.0 Å². The molecule has 0 unspecified atom stereocenters. The summed E-state index contributed by atoms with van der Waals surface area (Å²) in [5, 5.41) is 2.46. The monoisotopic (exact) mass is 706 g/mol. The van der Waals surface area contributed by atoms with Crippen LogP contribution in [0, 0.1) is 13.8 Å². The third kappa shape index (κ3) is 4.90. The first-order chi connectivity index (χ1) is 26.0. The molecule has 10 rings (SSSR count). The first-order valence-corrected chi connectivity index (χ1v) is 19.4. The van der Waals surface area contributed by atoms with Crippen LogP contribution in [0.1, 0.15) is 91.6 Å². The maximum absolute atomic E-state index is 6.73. The first kappa shape index (κ1) is 32.9. The van der Waals surface area contributed by atoms with E-state index in [1.165, 1.54) is 61.1 Å². The fraction of sp³-hybridized carbons (Fsp3) is 0.265. The molecule has 1 aliphatic carbocycles. The maximum atomic E-state index is 6.73. The highest BCUT2D eigenvalue weighted by molar-refractivity contribution is 6.11. The van der Waals surface area contributed by atoms with Gasteiger partial charge in [-0.1, -0.05) is 89.2 Å². The Morgan fingerprint density at radius 1 is 0.759 bits per heavy atom. The van der Waals surface area contributed by atoms with Gasteiger partial charge >= 0.3 is 0 Å². The average molecular weight is 707 g/mol. The van der Waals surface area contributed by atoms with Crippen LogP contribution < -0.4 is 4.90 Å². The van der Waals surface area contributed by atoms with Crippen LogP contribution >= 0.6 is 0 Å². The van der Waals surface area contributed by atoms with Crippen LogP contribution in [0.25, 0.3) is 27.6 Å². The fourth-order valence-corrected chi connectivity index (χ4v) is 9.42. The molecule has 2 aromatic heterocycles. The Balaban J connectivity index is 1.19. The van der Waals surface area contributed by atoms with E-state index < -0.39 is 0 Å². The fourth-order valence-electron chi connectivity index (χ4n) is 9.42. The van der Waals surface area contributed by atoms with Crippen LogP contribution in [0.2, 0.25) is 0 Å². The molecule has 54 heavy (non-hydrogen) atoms. The van der Waals surface area contributed by atoms with Crippen molar-refractivity contribution in [1.29, 1.82) is 0 Å².